The molecule has 0 spiro atoms. The fraction of sp³-hybridized carbons (Fsp3) is 0.182. The third kappa shape index (κ3) is 3.94. The molecule has 2 heterocycles. The predicted octanol–water partition coefficient (Wildman–Crippen LogP) is 3.54. The molecule has 7 nitrogen and oxygen atoms in total. The molecular formula is C22H20F2N6O. The van der Waals surface area contributed by atoms with Gasteiger partial charge in [-0.15, -0.1) is 0 Å². The molecule has 1 amide bonds. The first-order valence-corrected chi connectivity index (χ1v) is 9.79. The summed E-state index contributed by atoms with van der Waals surface area (Å²) in [6, 6.07) is 10.8. The normalized spacial score (nSPS) is 11.1. The Morgan fingerprint density at radius 2 is 1.90 bits per heavy atom. The van der Waals surface area contributed by atoms with Crippen molar-refractivity contribution in [2.24, 2.45) is 0 Å². The lowest BCUT2D eigenvalue weighted by Gasteiger charge is -2.06. The summed E-state index contributed by atoms with van der Waals surface area (Å²) < 4.78 is 30.2. The minimum atomic E-state index is -0.504. The van der Waals surface area contributed by atoms with Crippen LogP contribution >= 0.6 is 0 Å². The summed E-state index contributed by atoms with van der Waals surface area (Å²) in [5.74, 6) is -1.14. The van der Waals surface area contributed by atoms with Crippen LogP contribution in [-0.2, 0) is 6.54 Å². The number of hydrogen-bond acceptors (Lipinski definition) is 5. The molecule has 0 saturated heterocycles. The van der Waals surface area contributed by atoms with Crippen LogP contribution in [0, 0.1) is 11.6 Å². The summed E-state index contributed by atoms with van der Waals surface area (Å²) in [4.78, 5) is 20.6. The van der Waals surface area contributed by atoms with Gasteiger partial charge in [0.05, 0.1) is 12.1 Å². The van der Waals surface area contributed by atoms with Crippen molar-refractivity contribution < 1.29 is 13.6 Å². The summed E-state index contributed by atoms with van der Waals surface area (Å²) in [6.45, 7) is 2.46. The fourth-order valence-electron chi connectivity index (χ4n) is 3.28. The van der Waals surface area contributed by atoms with E-state index in [-0.39, 0.29) is 40.9 Å². The lowest BCUT2D eigenvalue weighted by Crippen LogP contribution is -2.25. The van der Waals surface area contributed by atoms with Gasteiger partial charge in [-0.25, -0.2) is 18.7 Å². The third-order valence-corrected chi connectivity index (χ3v) is 4.81. The number of carbonyl (C=O) groups is 1. The summed E-state index contributed by atoms with van der Waals surface area (Å²) in [5.41, 5.74) is 6.99. The van der Waals surface area contributed by atoms with Crippen molar-refractivity contribution in [2.75, 3.05) is 12.3 Å². The molecule has 0 bridgehead atoms. The molecule has 2 aromatic carbocycles. The number of halogens is 2. The maximum Gasteiger partial charge on any atom is 0.256 e. The van der Waals surface area contributed by atoms with Gasteiger partial charge in [-0.2, -0.15) is 5.10 Å². The van der Waals surface area contributed by atoms with Crippen LogP contribution in [0.15, 0.2) is 48.7 Å². The molecule has 3 N–H and O–H groups in total. The van der Waals surface area contributed by atoms with E-state index in [0.29, 0.717) is 17.5 Å². The minimum Gasteiger partial charge on any atom is -0.383 e. The molecule has 0 fully saturated rings. The highest BCUT2D eigenvalue weighted by atomic mass is 19.1. The molecule has 2 aromatic heterocycles. The number of para-hydroxylation sites is 1. The van der Waals surface area contributed by atoms with Crippen molar-refractivity contribution in [1.82, 2.24) is 25.1 Å². The van der Waals surface area contributed by atoms with E-state index in [1.54, 1.807) is 30.3 Å². The second-order valence-electron chi connectivity index (χ2n) is 6.98. The Kier molecular flexibility index (Phi) is 5.57. The number of aromatic nitrogens is 4. The van der Waals surface area contributed by atoms with Gasteiger partial charge in [0, 0.05) is 23.7 Å². The number of anilines is 1. The summed E-state index contributed by atoms with van der Waals surface area (Å²) >= 11 is 0. The maximum absolute atomic E-state index is 14.7. The summed E-state index contributed by atoms with van der Waals surface area (Å²) in [7, 11) is 0. The van der Waals surface area contributed by atoms with Crippen LogP contribution in [0.5, 0.6) is 0 Å². The number of nitrogens with one attached hydrogen (secondary N) is 1. The van der Waals surface area contributed by atoms with Crippen LogP contribution in [0.2, 0.25) is 0 Å². The standard InChI is InChI=1S/C22H20F2N6O/c1-2-10-26-22(31)15-11-27-21(28-20(15)25)18-14-7-5-9-17(24)19(14)30(29-18)12-13-6-3-4-8-16(13)23/h3-9,11H,2,10,12H2,1H3,(H,26,31)(H2,25,27,28). The van der Waals surface area contributed by atoms with Crippen LogP contribution < -0.4 is 11.1 Å². The number of nitrogens with zero attached hydrogens (tertiary/aromatic N) is 4. The number of carbonyl (C=O) groups excluding carboxylic acids is 1. The van der Waals surface area contributed by atoms with E-state index >= 15 is 0 Å². The maximum atomic E-state index is 14.7. The highest BCUT2D eigenvalue weighted by Gasteiger charge is 2.20. The second-order valence-corrected chi connectivity index (χ2v) is 6.98. The van der Waals surface area contributed by atoms with Gasteiger partial charge >= 0.3 is 0 Å². The van der Waals surface area contributed by atoms with Gasteiger partial charge in [-0.05, 0) is 18.6 Å². The quantitative estimate of drug-likeness (QED) is 0.495. The first-order chi connectivity index (χ1) is 15.0. The number of fused-ring (bicyclic) bond motifs is 1. The Morgan fingerprint density at radius 3 is 2.65 bits per heavy atom. The number of nitrogen functional groups attached to an aromatic ring is 1. The molecule has 4 rings (SSSR count). The Morgan fingerprint density at radius 1 is 1.13 bits per heavy atom. The minimum absolute atomic E-state index is 0.00758. The third-order valence-electron chi connectivity index (χ3n) is 4.81. The largest absolute Gasteiger partial charge is 0.383 e. The second kappa shape index (κ2) is 8.47. The van der Waals surface area contributed by atoms with Gasteiger partial charge in [0.1, 0.15) is 28.7 Å². The van der Waals surface area contributed by atoms with Gasteiger partial charge < -0.3 is 11.1 Å². The van der Waals surface area contributed by atoms with Crippen LogP contribution in [0.4, 0.5) is 14.6 Å². The van der Waals surface area contributed by atoms with Crippen molar-refractivity contribution in [3.8, 4) is 11.5 Å². The van der Waals surface area contributed by atoms with E-state index in [1.807, 2.05) is 6.92 Å². The van der Waals surface area contributed by atoms with Crippen molar-refractivity contribution in [2.45, 2.75) is 19.9 Å². The monoisotopic (exact) mass is 422 g/mol. The van der Waals surface area contributed by atoms with E-state index in [4.69, 9.17) is 5.73 Å². The number of rotatable bonds is 6. The molecule has 0 atom stereocenters. The zero-order valence-electron chi connectivity index (χ0n) is 16.8. The van der Waals surface area contributed by atoms with E-state index in [2.05, 4.69) is 20.4 Å². The summed E-state index contributed by atoms with van der Waals surface area (Å²) in [6.07, 6.45) is 2.10. The fourth-order valence-corrected chi connectivity index (χ4v) is 3.28. The molecule has 31 heavy (non-hydrogen) atoms. The van der Waals surface area contributed by atoms with Crippen LogP contribution in [-0.4, -0.2) is 32.2 Å². The lowest BCUT2D eigenvalue weighted by molar-refractivity contribution is 0.0954. The number of amides is 1. The molecule has 0 aliphatic rings. The zero-order valence-corrected chi connectivity index (χ0v) is 16.8. The summed E-state index contributed by atoms with van der Waals surface area (Å²) in [5, 5.41) is 7.63. The molecule has 0 aliphatic carbocycles. The van der Waals surface area contributed by atoms with Crippen molar-refractivity contribution in [3.05, 3.63) is 71.4 Å². The van der Waals surface area contributed by atoms with E-state index in [0.717, 1.165) is 6.42 Å². The smallest absolute Gasteiger partial charge is 0.256 e. The SMILES string of the molecule is CCCNC(=O)c1cnc(-c2nn(Cc3ccccc3F)c3c(F)cccc23)nc1N. The van der Waals surface area contributed by atoms with Crippen molar-refractivity contribution in [3.63, 3.8) is 0 Å². The van der Waals surface area contributed by atoms with E-state index < -0.39 is 11.6 Å². The average Bonchev–Trinajstić information content (AvgIpc) is 3.13. The van der Waals surface area contributed by atoms with Gasteiger partial charge in [-0.3, -0.25) is 9.48 Å². The lowest BCUT2D eigenvalue weighted by atomic mass is 10.1. The first kappa shape index (κ1) is 20.4. The van der Waals surface area contributed by atoms with Crippen LogP contribution in [0.25, 0.3) is 22.4 Å². The highest BCUT2D eigenvalue weighted by Crippen LogP contribution is 2.29. The van der Waals surface area contributed by atoms with Gasteiger partial charge in [0.15, 0.2) is 5.82 Å². The zero-order chi connectivity index (χ0) is 22.0. The molecule has 9 heteroatoms. The molecule has 158 valence electrons. The molecule has 0 radical (unpaired) electrons. The Labute approximate surface area is 176 Å². The van der Waals surface area contributed by atoms with Gasteiger partial charge in [0.2, 0.25) is 0 Å². The van der Waals surface area contributed by atoms with E-state index in [9.17, 15) is 13.6 Å². The number of benzene rings is 2. The highest BCUT2D eigenvalue weighted by molar-refractivity contribution is 5.98. The van der Waals surface area contributed by atoms with Crippen LogP contribution in [0.3, 0.4) is 0 Å². The van der Waals surface area contributed by atoms with Crippen LogP contribution in [0.1, 0.15) is 29.3 Å². The Balaban J connectivity index is 1.78. The molecular weight excluding hydrogens is 402 g/mol. The first-order valence-electron chi connectivity index (χ1n) is 9.79. The van der Waals surface area contributed by atoms with Gasteiger partial charge in [0.25, 0.3) is 5.91 Å². The Hall–Kier alpha value is -3.88. The van der Waals surface area contributed by atoms with Gasteiger partial charge in [-0.1, -0.05) is 37.3 Å². The number of nitrogens with two attached hydrogens (primary N) is 1. The predicted molar refractivity (Wildman–Crippen MR) is 113 cm³/mol. The average molecular weight is 422 g/mol. The Bertz CT molecular complexity index is 1270. The van der Waals surface area contributed by atoms with Crippen molar-refractivity contribution >= 4 is 22.6 Å². The molecule has 0 unspecified atom stereocenters. The number of hydrogen-bond donors (Lipinski definition) is 2. The molecule has 0 saturated carbocycles. The molecule has 0 aliphatic heterocycles. The van der Waals surface area contributed by atoms with E-state index in [1.165, 1.54) is 23.0 Å². The topological polar surface area (TPSA) is 98.7 Å². The van der Waals surface area contributed by atoms with Crippen molar-refractivity contribution in [1.29, 1.82) is 0 Å². The molecule has 4 aromatic rings.